The average Bonchev–Trinajstić information content (AvgIpc) is 3.01. The van der Waals surface area contributed by atoms with Gasteiger partial charge in [-0.3, -0.25) is 0 Å². The van der Waals surface area contributed by atoms with E-state index in [1.165, 1.54) is 17.6 Å². The van der Waals surface area contributed by atoms with Crippen LogP contribution < -0.4 is 8.61 Å². The second-order valence-corrected chi connectivity index (χ2v) is 29.8. The van der Waals surface area contributed by atoms with E-state index in [1.807, 2.05) is 31.2 Å². The van der Waals surface area contributed by atoms with Gasteiger partial charge in [-0.05, 0) is 0 Å². The number of sulfonamides is 2. The SMILES string of the molecule is CCC[CH2][Sn]([CH2]CCC)([CH2]CCC)[CH2]C1CN(S(=O)(=O)c2ccccc2)c2ccc(C)cc2N1S(=O)(=O)c1ccccc1. The number of rotatable bonds is 15. The van der Waals surface area contributed by atoms with E-state index in [0.29, 0.717) is 11.4 Å². The van der Waals surface area contributed by atoms with Crippen LogP contribution in [-0.2, 0) is 20.0 Å². The molecule has 9 heteroatoms. The molecule has 234 valence electrons. The minimum atomic E-state index is -3.96. The molecule has 0 radical (unpaired) electrons. The number of nitrogens with zero attached hydrogens (tertiary/aromatic N) is 2. The number of hydrogen-bond donors (Lipinski definition) is 0. The molecule has 0 aromatic heterocycles. The van der Waals surface area contributed by atoms with Crippen molar-refractivity contribution in [2.45, 2.75) is 99.8 Å². The van der Waals surface area contributed by atoms with E-state index in [9.17, 15) is 16.8 Å². The van der Waals surface area contributed by atoms with Crippen LogP contribution in [0, 0.1) is 6.92 Å². The molecule has 1 heterocycles. The molecule has 1 aliphatic heterocycles. The van der Waals surface area contributed by atoms with Crippen LogP contribution in [0.2, 0.25) is 17.7 Å². The van der Waals surface area contributed by atoms with Gasteiger partial charge in [-0.25, -0.2) is 0 Å². The monoisotopic (exact) mass is 732 g/mol. The third-order valence-electron chi connectivity index (χ3n) is 8.83. The van der Waals surface area contributed by atoms with Crippen LogP contribution >= 0.6 is 0 Å². The van der Waals surface area contributed by atoms with Crippen molar-refractivity contribution in [2.75, 3.05) is 15.2 Å². The molecule has 0 bridgehead atoms. The van der Waals surface area contributed by atoms with Crippen LogP contribution in [0.3, 0.4) is 0 Å². The number of unbranched alkanes of at least 4 members (excludes halogenated alkanes) is 3. The molecule has 1 atom stereocenters. The summed E-state index contributed by atoms with van der Waals surface area (Å²) in [5, 5.41) is 0. The van der Waals surface area contributed by atoms with Crippen LogP contribution in [0.5, 0.6) is 0 Å². The standard InChI is InChI=1S/C22H21N2O4S2.3C4H9.Sn/c1-17-13-14-21-22(15-17)24(30(27,28)20-11-7-4-8-12-20)18(2)16-23(21)29(25,26)19-9-5-3-6-10-19;3*1-3-4-2;/h3-15,18H,2,16H2,1H3;3*1,3-4H2,2H3;. The van der Waals surface area contributed by atoms with Crippen molar-refractivity contribution in [2.24, 2.45) is 0 Å². The molecular formula is C34H48N2O4S2Sn. The topological polar surface area (TPSA) is 74.8 Å². The molecule has 1 aliphatic rings. The van der Waals surface area contributed by atoms with Crippen LogP contribution in [-0.4, -0.2) is 47.8 Å². The molecule has 0 saturated heterocycles. The van der Waals surface area contributed by atoms with Gasteiger partial charge in [0.05, 0.1) is 0 Å². The van der Waals surface area contributed by atoms with Gasteiger partial charge in [0.2, 0.25) is 0 Å². The molecule has 0 spiro atoms. The van der Waals surface area contributed by atoms with E-state index in [1.54, 1.807) is 58.9 Å². The van der Waals surface area contributed by atoms with Crippen molar-refractivity contribution in [3.63, 3.8) is 0 Å². The fourth-order valence-corrected chi connectivity index (χ4v) is 27.2. The zero-order valence-electron chi connectivity index (χ0n) is 26.2. The number of hydrogen-bond acceptors (Lipinski definition) is 4. The summed E-state index contributed by atoms with van der Waals surface area (Å²) in [4.78, 5) is 0.459. The summed E-state index contributed by atoms with van der Waals surface area (Å²) in [5.41, 5.74) is 1.77. The van der Waals surface area contributed by atoms with Crippen LogP contribution in [0.15, 0.2) is 88.7 Å². The van der Waals surface area contributed by atoms with E-state index < -0.39 is 44.5 Å². The normalized spacial score (nSPS) is 15.9. The summed E-state index contributed by atoms with van der Waals surface area (Å²) >= 11 is -2.98. The van der Waals surface area contributed by atoms with Crippen LogP contribution in [0.1, 0.15) is 64.9 Å². The molecule has 0 N–H and O–H groups in total. The van der Waals surface area contributed by atoms with Crippen LogP contribution in [0.4, 0.5) is 11.4 Å². The Balaban J connectivity index is 1.95. The van der Waals surface area contributed by atoms with Gasteiger partial charge >= 0.3 is 266 Å². The minimum absolute atomic E-state index is 0.113. The van der Waals surface area contributed by atoms with E-state index in [2.05, 4.69) is 20.8 Å². The average molecular weight is 732 g/mol. The Bertz CT molecular complexity index is 1530. The van der Waals surface area contributed by atoms with E-state index in [-0.39, 0.29) is 16.3 Å². The Hall–Kier alpha value is -2.04. The summed E-state index contributed by atoms with van der Waals surface area (Å²) in [7, 11) is -7.89. The molecule has 6 nitrogen and oxygen atoms in total. The van der Waals surface area contributed by atoms with E-state index >= 15 is 0 Å². The van der Waals surface area contributed by atoms with Crippen molar-refractivity contribution >= 4 is 49.8 Å². The Morgan fingerprint density at radius 3 is 1.65 bits per heavy atom. The summed E-state index contributed by atoms with van der Waals surface area (Å²) in [6.07, 6.45) is 6.81. The first-order valence-corrected chi connectivity index (χ1v) is 26.8. The summed E-state index contributed by atoms with van der Waals surface area (Å²) in [6.45, 7) is 8.74. The Morgan fingerprint density at radius 2 is 1.16 bits per heavy atom. The zero-order chi connectivity index (χ0) is 31.1. The summed E-state index contributed by atoms with van der Waals surface area (Å²) in [6, 6.07) is 22.2. The fourth-order valence-electron chi connectivity index (χ4n) is 6.54. The van der Waals surface area contributed by atoms with Gasteiger partial charge in [0.25, 0.3) is 0 Å². The third-order valence-corrected chi connectivity index (χ3v) is 28.4. The predicted molar refractivity (Wildman–Crippen MR) is 182 cm³/mol. The van der Waals surface area contributed by atoms with E-state index in [0.717, 1.165) is 48.5 Å². The molecule has 0 aliphatic carbocycles. The van der Waals surface area contributed by atoms with Gasteiger partial charge in [0, 0.05) is 0 Å². The Labute approximate surface area is 264 Å². The van der Waals surface area contributed by atoms with Gasteiger partial charge in [0.15, 0.2) is 0 Å². The van der Waals surface area contributed by atoms with Gasteiger partial charge in [-0.15, -0.1) is 0 Å². The molecule has 4 rings (SSSR count). The molecule has 0 amide bonds. The maximum absolute atomic E-state index is 14.6. The Morgan fingerprint density at radius 1 is 0.674 bits per heavy atom. The quantitative estimate of drug-likeness (QED) is 0.147. The van der Waals surface area contributed by atoms with Crippen molar-refractivity contribution in [3.8, 4) is 0 Å². The molecule has 3 aromatic rings. The predicted octanol–water partition coefficient (Wildman–Crippen LogP) is 8.62. The van der Waals surface area contributed by atoms with Gasteiger partial charge < -0.3 is 0 Å². The molecule has 0 saturated carbocycles. The second-order valence-electron chi connectivity index (χ2n) is 12.1. The maximum atomic E-state index is 14.6. The number of benzene rings is 3. The fraction of sp³-hybridized carbons (Fsp3) is 0.471. The summed E-state index contributed by atoms with van der Waals surface area (Å²) in [5.74, 6) is 0. The number of anilines is 2. The van der Waals surface area contributed by atoms with Gasteiger partial charge in [-0.2, -0.15) is 0 Å². The molecule has 1 unspecified atom stereocenters. The van der Waals surface area contributed by atoms with Crippen molar-refractivity contribution in [3.05, 3.63) is 84.4 Å². The number of aryl methyl sites for hydroxylation is 1. The molecular weight excluding hydrogens is 683 g/mol. The second kappa shape index (κ2) is 14.8. The molecule has 3 aromatic carbocycles. The van der Waals surface area contributed by atoms with Gasteiger partial charge in [-0.1, -0.05) is 0 Å². The van der Waals surface area contributed by atoms with Crippen molar-refractivity contribution in [1.82, 2.24) is 0 Å². The zero-order valence-corrected chi connectivity index (χ0v) is 30.7. The molecule has 43 heavy (non-hydrogen) atoms. The van der Waals surface area contributed by atoms with Crippen molar-refractivity contribution < 1.29 is 16.8 Å². The molecule has 0 fully saturated rings. The van der Waals surface area contributed by atoms with Crippen LogP contribution in [0.25, 0.3) is 0 Å². The first kappa shape index (κ1) is 33.8. The Kier molecular flexibility index (Phi) is 11.7. The van der Waals surface area contributed by atoms with Gasteiger partial charge in [0.1, 0.15) is 0 Å². The third kappa shape index (κ3) is 7.61. The first-order chi connectivity index (χ1) is 20.6. The first-order valence-electron chi connectivity index (χ1n) is 15.9. The van der Waals surface area contributed by atoms with Crippen molar-refractivity contribution in [1.29, 1.82) is 0 Å². The number of fused-ring (bicyclic) bond motifs is 1. The summed E-state index contributed by atoms with van der Waals surface area (Å²) < 4.78 is 65.3. The van der Waals surface area contributed by atoms with E-state index in [4.69, 9.17) is 0 Å².